The summed E-state index contributed by atoms with van der Waals surface area (Å²) in [6, 6.07) is 9.66. The second-order valence-corrected chi connectivity index (χ2v) is 5.17. The van der Waals surface area contributed by atoms with Crippen molar-refractivity contribution >= 4 is 22.7 Å². The van der Waals surface area contributed by atoms with Gasteiger partial charge >= 0.3 is 0 Å². The van der Waals surface area contributed by atoms with Gasteiger partial charge in [-0.05, 0) is 22.8 Å². The third kappa shape index (κ3) is 1.90. The van der Waals surface area contributed by atoms with Gasteiger partial charge in [-0.1, -0.05) is 30.3 Å². The molecule has 0 bridgehead atoms. The zero-order chi connectivity index (χ0) is 16.0. The summed E-state index contributed by atoms with van der Waals surface area (Å²) < 4.78 is 6.61. The fourth-order valence-electron chi connectivity index (χ4n) is 2.67. The minimum absolute atomic E-state index is 0.0512. The van der Waals surface area contributed by atoms with Crippen molar-refractivity contribution in [3.05, 3.63) is 46.6 Å². The van der Waals surface area contributed by atoms with Gasteiger partial charge in [0.25, 0.3) is 0 Å². The summed E-state index contributed by atoms with van der Waals surface area (Å²) in [6.45, 7) is 1.98. The van der Waals surface area contributed by atoms with Crippen LogP contribution in [0.2, 0.25) is 0 Å². The Balaban J connectivity index is 2.13. The first-order valence-corrected chi connectivity index (χ1v) is 6.95. The van der Waals surface area contributed by atoms with Crippen LogP contribution in [0.4, 0.5) is 11.5 Å². The molecule has 23 heavy (non-hydrogen) atoms. The van der Waals surface area contributed by atoms with E-state index in [0.29, 0.717) is 17.2 Å². The molecule has 0 unspecified atom stereocenters. The van der Waals surface area contributed by atoms with Crippen LogP contribution in [-0.4, -0.2) is 14.9 Å². The van der Waals surface area contributed by atoms with E-state index in [1.165, 1.54) is 0 Å². The fourth-order valence-corrected chi connectivity index (χ4v) is 2.67. The zero-order valence-electron chi connectivity index (χ0n) is 12.1. The Kier molecular flexibility index (Phi) is 2.88. The van der Waals surface area contributed by atoms with Crippen molar-refractivity contribution in [1.29, 1.82) is 10.8 Å². The Labute approximate surface area is 129 Å². The lowest BCUT2D eigenvalue weighted by Gasteiger charge is -2.17. The molecule has 3 aromatic rings. The zero-order valence-corrected chi connectivity index (χ0v) is 12.1. The molecule has 1 aliphatic heterocycles. The van der Waals surface area contributed by atoms with Crippen LogP contribution in [0.3, 0.4) is 0 Å². The molecule has 1 atom stereocenters. The van der Waals surface area contributed by atoms with Gasteiger partial charge < -0.3 is 0 Å². The first-order valence-electron chi connectivity index (χ1n) is 6.95. The highest BCUT2D eigenvalue weighted by Gasteiger charge is 2.24. The van der Waals surface area contributed by atoms with Crippen LogP contribution in [0.1, 0.15) is 18.5 Å². The molecule has 9 heteroatoms. The van der Waals surface area contributed by atoms with Crippen LogP contribution in [0.5, 0.6) is 0 Å². The molecule has 0 aliphatic carbocycles. The highest BCUT2D eigenvalue weighted by Crippen LogP contribution is 2.30. The van der Waals surface area contributed by atoms with Gasteiger partial charge in [-0.2, -0.15) is 4.94 Å². The SMILES string of the molecule is C[C@@H](c1ccccc1)n1c2c(c(=N)c(=N)c3nonc31)NON2. The smallest absolute Gasteiger partial charge is 0.209 e. The number of aromatic nitrogens is 3. The maximum Gasteiger partial charge on any atom is 0.209 e. The second kappa shape index (κ2) is 4.92. The molecule has 116 valence electrons. The molecule has 4 N–H and O–H groups in total. The molecule has 9 nitrogen and oxygen atoms in total. The summed E-state index contributed by atoms with van der Waals surface area (Å²) in [6.07, 6.45) is 0. The number of hydrogen-bond donors (Lipinski definition) is 4. The third-order valence-electron chi connectivity index (χ3n) is 3.88. The van der Waals surface area contributed by atoms with Crippen LogP contribution in [0, 0.1) is 10.8 Å². The van der Waals surface area contributed by atoms with Crippen LogP contribution >= 0.6 is 0 Å². The molecule has 0 fully saturated rings. The van der Waals surface area contributed by atoms with Crippen molar-refractivity contribution in [3.63, 3.8) is 0 Å². The van der Waals surface area contributed by atoms with E-state index in [0.717, 1.165) is 5.56 Å². The van der Waals surface area contributed by atoms with Crippen molar-refractivity contribution in [2.24, 2.45) is 0 Å². The van der Waals surface area contributed by atoms with E-state index in [2.05, 4.69) is 21.3 Å². The molecule has 4 rings (SSSR count). The molecule has 0 saturated carbocycles. The molecule has 0 saturated heterocycles. The number of fused-ring (bicyclic) bond motifs is 2. The van der Waals surface area contributed by atoms with Crippen molar-refractivity contribution in [3.8, 4) is 0 Å². The second-order valence-electron chi connectivity index (χ2n) is 5.17. The Hall–Kier alpha value is -3.20. The molecule has 1 aliphatic rings. The lowest BCUT2D eigenvalue weighted by Crippen LogP contribution is -2.23. The van der Waals surface area contributed by atoms with Gasteiger partial charge in [0.1, 0.15) is 16.4 Å². The lowest BCUT2D eigenvalue weighted by molar-refractivity contribution is 0.278. The number of benzene rings is 1. The Morgan fingerprint density at radius 2 is 1.87 bits per heavy atom. The van der Waals surface area contributed by atoms with E-state index in [1.807, 2.05) is 37.3 Å². The predicted octanol–water partition coefficient (Wildman–Crippen LogP) is 1.28. The van der Waals surface area contributed by atoms with E-state index in [4.69, 9.17) is 20.4 Å². The van der Waals surface area contributed by atoms with E-state index in [-0.39, 0.29) is 22.3 Å². The first-order chi connectivity index (χ1) is 11.2. The van der Waals surface area contributed by atoms with Crippen LogP contribution in [0.25, 0.3) is 11.2 Å². The highest BCUT2D eigenvalue weighted by atomic mass is 16.8. The summed E-state index contributed by atoms with van der Waals surface area (Å²) >= 11 is 0. The largest absolute Gasteiger partial charge is 0.297 e. The summed E-state index contributed by atoms with van der Waals surface area (Å²) in [5, 5.41) is 23.9. The third-order valence-corrected chi connectivity index (χ3v) is 3.88. The summed E-state index contributed by atoms with van der Waals surface area (Å²) in [5.74, 6) is 0.491. The molecular weight excluding hydrogens is 298 g/mol. The van der Waals surface area contributed by atoms with Gasteiger partial charge in [-0.3, -0.25) is 15.4 Å². The minimum atomic E-state index is -0.151. The van der Waals surface area contributed by atoms with Crippen LogP contribution in [-0.2, 0) is 4.94 Å². The van der Waals surface area contributed by atoms with Crippen molar-refractivity contribution in [2.75, 3.05) is 11.0 Å². The van der Waals surface area contributed by atoms with Crippen molar-refractivity contribution in [1.82, 2.24) is 14.9 Å². The Morgan fingerprint density at radius 1 is 1.09 bits per heavy atom. The average Bonchev–Trinajstić information content (AvgIpc) is 3.23. The number of rotatable bonds is 2. The van der Waals surface area contributed by atoms with Crippen LogP contribution in [0.15, 0.2) is 35.0 Å². The molecule has 0 radical (unpaired) electrons. The number of nitrogens with one attached hydrogen (secondary N) is 4. The van der Waals surface area contributed by atoms with Crippen molar-refractivity contribution in [2.45, 2.75) is 13.0 Å². The minimum Gasteiger partial charge on any atom is -0.297 e. The maximum absolute atomic E-state index is 8.17. The van der Waals surface area contributed by atoms with Gasteiger partial charge in [-0.25, -0.2) is 15.6 Å². The monoisotopic (exact) mass is 311 g/mol. The molecule has 2 aromatic heterocycles. The van der Waals surface area contributed by atoms with Crippen LogP contribution < -0.4 is 21.7 Å². The Bertz CT molecular complexity index is 1010. The average molecular weight is 311 g/mol. The maximum atomic E-state index is 8.17. The van der Waals surface area contributed by atoms with E-state index in [9.17, 15) is 0 Å². The number of anilines is 2. The molecule has 0 amide bonds. The number of nitrogens with zero attached hydrogens (tertiary/aromatic N) is 3. The molecule has 1 aromatic carbocycles. The summed E-state index contributed by atoms with van der Waals surface area (Å²) in [7, 11) is 0. The van der Waals surface area contributed by atoms with E-state index >= 15 is 0 Å². The highest BCUT2D eigenvalue weighted by molar-refractivity contribution is 5.76. The fraction of sp³-hybridized carbons (Fsp3) is 0.143. The van der Waals surface area contributed by atoms with E-state index < -0.39 is 0 Å². The molecule has 0 spiro atoms. The summed E-state index contributed by atoms with van der Waals surface area (Å²) in [5.41, 5.74) is 7.31. The predicted molar refractivity (Wildman–Crippen MR) is 80.1 cm³/mol. The quantitative estimate of drug-likeness (QED) is 0.565. The van der Waals surface area contributed by atoms with Crippen molar-refractivity contribution < 1.29 is 9.57 Å². The number of hydrogen-bond acceptors (Lipinski definition) is 8. The Morgan fingerprint density at radius 3 is 2.65 bits per heavy atom. The van der Waals surface area contributed by atoms with Gasteiger partial charge in [0.15, 0.2) is 11.3 Å². The summed E-state index contributed by atoms with van der Waals surface area (Å²) in [4.78, 5) is 5.04. The van der Waals surface area contributed by atoms with Gasteiger partial charge in [-0.15, -0.1) is 0 Å². The molecular formula is C14H13N7O2. The standard InChI is InChI=1S/C14H13N7O2/c1-7(8-5-3-2-4-6-8)21-13-11(17-22-19-13)9(15)10(16)12-14(21)20-23-18-12/h2-7,15-17,19H,1H3/t7-/m0/s1. The first kappa shape index (κ1) is 13.5. The molecule has 3 heterocycles. The van der Waals surface area contributed by atoms with E-state index in [1.54, 1.807) is 4.57 Å². The van der Waals surface area contributed by atoms with Gasteiger partial charge in [0, 0.05) is 0 Å². The topological polar surface area (TPSA) is 125 Å². The normalized spacial score (nSPS) is 14.1. The van der Waals surface area contributed by atoms with Gasteiger partial charge in [0.05, 0.1) is 6.04 Å². The van der Waals surface area contributed by atoms with Gasteiger partial charge in [0.2, 0.25) is 5.65 Å². The lowest BCUT2D eigenvalue weighted by atomic mass is 10.1.